The summed E-state index contributed by atoms with van der Waals surface area (Å²) in [5, 5.41) is 0. The third kappa shape index (κ3) is 5.90. The maximum absolute atomic E-state index is 13.2. The molecule has 0 amide bonds. The number of rotatable bonds is 14. The smallest absolute Gasteiger partial charge is 0.199 e. The molecule has 0 unspecified atom stereocenters. The van der Waals surface area contributed by atoms with Crippen molar-refractivity contribution in [1.29, 1.82) is 0 Å². The average molecular weight is 467 g/mol. The Hall–Kier alpha value is -1.74. The van der Waals surface area contributed by atoms with Gasteiger partial charge in [0.25, 0.3) is 0 Å². The zero-order chi connectivity index (χ0) is 24.9. The summed E-state index contributed by atoms with van der Waals surface area (Å²) in [7, 11) is 0. The molecule has 0 aromatic heterocycles. The van der Waals surface area contributed by atoms with Crippen LogP contribution in [-0.2, 0) is 4.74 Å². The van der Waals surface area contributed by atoms with Crippen molar-refractivity contribution in [2.24, 2.45) is 17.8 Å². The van der Waals surface area contributed by atoms with Crippen molar-refractivity contribution in [2.45, 2.75) is 117 Å². The Morgan fingerprint density at radius 2 is 1.38 bits per heavy atom. The van der Waals surface area contributed by atoms with Crippen LogP contribution in [0, 0.1) is 17.8 Å². The molecule has 3 rings (SSSR count). The fourth-order valence-corrected chi connectivity index (χ4v) is 5.63. The summed E-state index contributed by atoms with van der Waals surface area (Å²) in [6.45, 7) is 13.3. The van der Waals surface area contributed by atoms with Gasteiger partial charge in [0.05, 0.1) is 0 Å². The van der Waals surface area contributed by atoms with Crippen LogP contribution < -0.4 is 0 Å². The summed E-state index contributed by atoms with van der Waals surface area (Å²) in [4.78, 5) is 26.1. The number of ether oxygens (including phenoxy) is 1. The normalized spacial score (nSPS) is 25.8. The summed E-state index contributed by atoms with van der Waals surface area (Å²) in [5.74, 6) is 2.34. The Morgan fingerprint density at radius 1 is 0.853 bits per heavy atom. The molecule has 0 N–H and O–H groups in total. The zero-order valence-electron chi connectivity index (χ0n) is 22.4. The van der Waals surface area contributed by atoms with E-state index in [2.05, 4.69) is 40.7 Å². The van der Waals surface area contributed by atoms with Crippen molar-refractivity contribution in [3.05, 3.63) is 47.0 Å². The van der Waals surface area contributed by atoms with E-state index in [1.807, 2.05) is 12.1 Å². The van der Waals surface area contributed by atoms with E-state index < -0.39 is 11.2 Å². The highest BCUT2D eigenvalue weighted by atomic mass is 16.6. The van der Waals surface area contributed by atoms with E-state index in [-0.39, 0.29) is 11.6 Å². The van der Waals surface area contributed by atoms with Gasteiger partial charge in [0.2, 0.25) is 0 Å². The second kappa shape index (κ2) is 11.3. The van der Waals surface area contributed by atoms with Crippen LogP contribution >= 0.6 is 0 Å². The van der Waals surface area contributed by atoms with Crippen molar-refractivity contribution in [1.82, 2.24) is 0 Å². The summed E-state index contributed by atoms with van der Waals surface area (Å²) in [6, 6.07) is 7.12. The molecule has 1 aliphatic carbocycles. The van der Waals surface area contributed by atoms with Gasteiger partial charge < -0.3 is 4.74 Å². The van der Waals surface area contributed by atoms with Gasteiger partial charge in [-0.15, -0.1) is 0 Å². The van der Waals surface area contributed by atoms with E-state index in [0.717, 1.165) is 24.2 Å². The zero-order valence-corrected chi connectivity index (χ0v) is 22.4. The quantitative estimate of drug-likeness (QED) is 0.204. The number of hydrogen-bond acceptors (Lipinski definition) is 3. The molecule has 1 heterocycles. The molecule has 2 aliphatic rings. The molecule has 0 bridgehead atoms. The molecule has 0 spiro atoms. The fourth-order valence-electron chi connectivity index (χ4n) is 5.63. The molecule has 3 nitrogen and oxygen atoms in total. The van der Waals surface area contributed by atoms with Crippen molar-refractivity contribution >= 4 is 11.6 Å². The van der Waals surface area contributed by atoms with Gasteiger partial charge in [0.1, 0.15) is 0 Å². The molecule has 3 heteroatoms. The maximum atomic E-state index is 13.2. The predicted molar refractivity (Wildman–Crippen MR) is 140 cm³/mol. The van der Waals surface area contributed by atoms with Crippen LogP contribution in [0.2, 0.25) is 0 Å². The number of ketones is 2. The van der Waals surface area contributed by atoms with E-state index in [0.29, 0.717) is 17.5 Å². The second-order valence-corrected chi connectivity index (χ2v) is 11.8. The Bertz CT molecular complexity index is 898. The number of carbonyl (C=O) groups excluding carboxylic acids is 2. The van der Waals surface area contributed by atoms with Crippen molar-refractivity contribution in [3.63, 3.8) is 0 Å². The van der Waals surface area contributed by atoms with E-state index >= 15 is 0 Å². The number of epoxide rings is 1. The van der Waals surface area contributed by atoms with E-state index in [4.69, 9.17) is 4.74 Å². The van der Waals surface area contributed by atoms with E-state index in [1.165, 1.54) is 56.9 Å². The van der Waals surface area contributed by atoms with Gasteiger partial charge in [0.15, 0.2) is 22.8 Å². The minimum Gasteiger partial charge on any atom is -0.345 e. The lowest BCUT2D eigenvalue weighted by Gasteiger charge is -2.22. The number of allylic oxidation sites excluding steroid dienone is 1. The summed E-state index contributed by atoms with van der Waals surface area (Å²) >= 11 is 0. The molecule has 1 aliphatic heterocycles. The fraction of sp³-hybridized carbons (Fsp3) is 0.677. The summed E-state index contributed by atoms with van der Waals surface area (Å²) in [6.07, 6.45) is 14.2. The van der Waals surface area contributed by atoms with E-state index in [9.17, 15) is 9.59 Å². The largest absolute Gasteiger partial charge is 0.345 e. The first-order chi connectivity index (χ1) is 16.1. The average Bonchev–Trinajstić information content (AvgIpc) is 3.43. The lowest BCUT2D eigenvalue weighted by molar-refractivity contribution is 0.0847. The molecule has 1 aromatic carbocycles. The van der Waals surface area contributed by atoms with Gasteiger partial charge >= 0.3 is 0 Å². The standard InChI is InChI=1S/C31H46O3/c1-22(2)12-9-13-23(3)14-10-15-24(4)16-11-17-25(5)20-21-31-29(33)27-19-8-7-18-26(27)28(32)30(31,6)34-31/h7-8,18-20,22-24H,9-17,21H2,1-6H3/b25-20+/t23-,24-,30+,31-/m0/s1. The van der Waals surface area contributed by atoms with Gasteiger partial charge in [-0.05, 0) is 44.4 Å². The molecule has 1 fully saturated rings. The molecular formula is C31H46O3. The molecule has 1 saturated heterocycles. The molecule has 0 saturated carbocycles. The van der Waals surface area contributed by atoms with Gasteiger partial charge in [-0.25, -0.2) is 0 Å². The monoisotopic (exact) mass is 466 g/mol. The van der Waals surface area contributed by atoms with E-state index in [1.54, 1.807) is 19.1 Å². The van der Waals surface area contributed by atoms with Crippen molar-refractivity contribution < 1.29 is 14.3 Å². The highest BCUT2D eigenvalue weighted by Crippen LogP contribution is 2.57. The Kier molecular flexibility index (Phi) is 8.95. The molecule has 0 radical (unpaired) electrons. The van der Waals surface area contributed by atoms with Crippen molar-refractivity contribution in [3.8, 4) is 0 Å². The number of fused-ring (bicyclic) bond motifs is 2. The van der Waals surface area contributed by atoms with Crippen LogP contribution in [0.1, 0.15) is 126 Å². The highest BCUT2D eigenvalue weighted by molar-refractivity contribution is 6.25. The van der Waals surface area contributed by atoms with Crippen LogP contribution in [0.3, 0.4) is 0 Å². The molecular weight excluding hydrogens is 420 g/mol. The predicted octanol–water partition coefficient (Wildman–Crippen LogP) is 8.37. The first-order valence-corrected chi connectivity index (χ1v) is 13.6. The third-order valence-corrected chi connectivity index (χ3v) is 8.20. The molecule has 1 aromatic rings. The number of benzene rings is 1. The highest BCUT2D eigenvalue weighted by Gasteiger charge is 2.77. The Labute approximate surface area is 207 Å². The third-order valence-electron chi connectivity index (χ3n) is 8.20. The first-order valence-electron chi connectivity index (χ1n) is 13.6. The van der Waals surface area contributed by atoms with Crippen LogP contribution in [0.25, 0.3) is 0 Å². The van der Waals surface area contributed by atoms with Crippen LogP contribution in [0.5, 0.6) is 0 Å². The number of Topliss-reactive ketones (excluding diaryl/α,β-unsaturated/α-hetero) is 2. The first kappa shape index (κ1) is 26.9. The van der Waals surface area contributed by atoms with Crippen molar-refractivity contribution in [2.75, 3.05) is 0 Å². The maximum Gasteiger partial charge on any atom is 0.199 e. The Morgan fingerprint density at radius 3 is 1.97 bits per heavy atom. The minimum atomic E-state index is -1.00. The molecule has 188 valence electrons. The second-order valence-electron chi connectivity index (χ2n) is 11.8. The summed E-state index contributed by atoms with van der Waals surface area (Å²) < 4.78 is 5.91. The topological polar surface area (TPSA) is 46.7 Å². The number of carbonyl (C=O) groups is 2. The van der Waals surface area contributed by atoms with Gasteiger partial charge in [-0.1, -0.05) is 109 Å². The SMILES string of the molecule is C/C(=C\C[C@@]12O[C@]1(C)C(=O)c1ccccc1C2=O)CCC[C@@H](C)CCC[C@@H](C)CCCC(C)C. The van der Waals surface area contributed by atoms with Crippen LogP contribution in [0.15, 0.2) is 35.9 Å². The summed E-state index contributed by atoms with van der Waals surface area (Å²) in [5.41, 5.74) is 0.297. The van der Waals surface area contributed by atoms with Gasteiger partial charge in [-0.3, -0.25) is 9.59 Å². The molecule has 4 atom stereocenters. The van der Waals surface area contributed by atoms with Crippen LogP contribution in [0.4, 0.5) is 0 Å². The number of hydrogen-bond donors (Lipinski definition) is 0. The molecule has 34 heavy (non-hydrogen) atoms. The lowest BCUT2D eigenvalue weighted by atomic mass is 9.73. The minimum absolute atomic E-state index is 0.0405. The van der Waals surface area contributed by atoms with Gasteiger partial charge in [-0.2, -0.15) is 0 Å². The lowest BCUT2D eigenvalue weighted by Crippen LogP contribution is -2.43. The van der Waals surface area contributed by atoms with Gasteiger partial charge in [0, 0.05) is 17.5 Å². The van der Waals surface area contributed by atoms with Crippen LogP contribution in [-0.4, -0.2) is 22.8 Å². The Balaban J connectivity index is 1.39.